The molecule has 0 saturated carbocycles. The van der Waals surface area contributed by atoms with Crippen LogP contribution in [0, 0.1) is 0 Å². The van der Waals surface area contributed by atoms with Crippen LogP contribution in [0.15, 0.2) is 85.3 Å². The monoisotopic (exact) mass is 455 g/mol. The molecule has 0 spiro atoms. The minimum absolute atomic E-state index is 0.0225. The van der Waals surface area contributed by atoms with Crippen LogP contribution in [0.1, 0.15) is 12.0 Å². The average molecular weight is 456 g/mol. The summed E-state index contributed by atoms with van der Waals surface area (Å²) in [6.07, 6.45) is 5.26. The van der Waals surface area contributed by atoms with Gasteiger partial charge >= 0.3 is 0 Å². The maximum Gasteiger partial charge on any atom is 0.256 e. The molecule has 2 N–H and O–H groups in total. The van der Waals surface area contributed by atoms with Crippen molar-refractivity contribution in [3.8, 4) is 0 Å². The first-order valence-electron chi connectivity index (χ1n) is 10.6. The van der Waals surface area contributed by atoms with E-state index in [1.807, 2.05) is 72.9 Å². The molecule has 5 rings (SSSR count). The lowest BCUT2D eigenvalue weighted by Crippen LogP contribution is -2.37. The molecule has 2 amide bonds. The third kappa shape index (κ3) is 4.20. The van der Waals surface area contributed by atoms with Gasteiger partial charge in [0.1, 0.15) is 6.04 Å². The van der Waals surface area contributed by atoms with E-state index in [4.69, 9.17) is 12.2 Å². The Hall–Kier alpha value is -4.04. The number of nitrogens with one attached hydrogen (secondary N) is 2. The minimum atomic E-state index is -0.716. The Morgan fingerprint density at radius 1 is 1.09 bits per heavy atom. The Bertz CT molecular complexity index is 1320. The highest BCUT2D eigenvalue weighted by molar-refractivity contribution is 7.80. The van der Waals surface area contributed by atoms with Crippen molar-refractivity contribution in [1.82, 2.24) is 14.9 Å². The minimum Gasteiger partial charge on any atom is -0.361 e. The van der Waals surface area contributed by atoms with Crippen LogP contribution in [0.5, 0.6) is 0 Å². The SMILES string of the molecule is O=C(CC1C(=O)N(c2ccccc2)C(=S)N1Cc1cccnc1)Nc1ccc2cc[nH]c2c1. The molecule has 2 aromatic heterocycles. The second-order valence-corrected chi connectivity index (χ2v) is 8.19. The summed E-state index contributed by atoms with van der Waals surface area (Å²) in [7, 11) is 0. The van der Waals surface area contributed by atoms with Crippen molar-refractivity contribution in [3.63, 3.8) is 0 Å². The van der Waals surface area contributed by atoms with Crippen molar-refractivity contribution in [2.45, 2.75) is 19.0 Å². The smallest absolute Gasteiger partial charge is 0.256 e. The van der Waals surface area contributed by atoms with Gasteiger partial charge < -0.3 is 15.2 Å². The lowest BCUT2D eigenvalue weighted by atomic mass is 10.1. The quantitative estimate of drug-likeness (QED) is 0.428. The number of carbonyl (C=O) groups excluding carboxylic acids is 2. The number of hydrogen-bond acceptors (Lipinski definition) is 4. The number of rotatable bonds is 6. The number of benzene rings is 2. The largest absolute Gasteiger partial charge is 0.361 e. The number of amides is 2. The first-order valence-corrected chi connectivity index (χ1v) is 11.0. The van der Waals surface area contributed by atoms with Gasteiger partial charge in [-0.3, -0.25) is 19.5 Å². The van der Waals surface area contributed by atoms with Gasteiger partial charge in [0, 0.05) is 36.3 Å². The summed E-state index contributed by atoms with van der Waals surface area (Å²) in [6.45, 7) is 0.383. The lowest BCUT2D eigenvalue weighted by Gasteiger charge is -2.23. The average Bonchev–Trinajstić information content (AvgIpc) is 3.38. The van der Waals surface area contributed by atoms with Gasteiger partial charge in [-0.05, 0) is 59.6 Å². The van der Waals surface area contributed by atoms with E-state index in [9.17, 15) is 9.59 Å². The van der Waals surface area contributed by atoms with Gasteiger partial charge in [0.2, 0.25) is 5.91 Å². The molecule has 0 radical (unpaired) electrons. The standard InChI is InChI=1S/C25H21N5O2S/c31-23(28-19-9-8-18-10-12-27-21(18)13-19)14-22-24(32)30(20-6-2-1-3-7-20)25(33)29(22)16-17-5-4-11-26-15-17/h1-13,15,22,27H,14,16H2,(H,28,31). The van der Waals surface area contributed by atoms with Gasteiger partial charge in [-0.15, -0.1) is 0 Å². The Labute approximate surface area is 196 Å². The van der Waals surface area contributed by atoms with Crippen LogP contribution in [-0.4, -0.2) is 37.8 Å². The van der Waals surface area contributed by atoms with Crippen molar-refractivity contribution < 1.29 is 9.59 Å². The maximum atomic E-state index is 13.4. The fourth-order valence-corrected chi connectivity index (χ4v) is 4.42. The predicted octanol–water partition coefficient (Wildman–Crippen LogP) is 4.09. The number of hydrogen-bond donors (Lipinski definition) is 2. The number of anilines is 2. The van der Waals surface area contributed by atoms with Crippen LogP contribution in [0.3, 0.4) is 0 Å². The highest BCUT2D eigenvalue weighted by atomic mass is 32.1. The van der Waals surface area contributed by atoms with Gasteiger partial charge in [-0.2, -0.15) is 0 Å². The Balaban J connectivity index is 1.39. The fraction of sp³-hybridized carbons (Fsp3) is 0.120. The van der Waals surface area contributed by atoms with E-state index in [0.717, 1.165) is 16.5 Å². The number of aromatic amines is 1. The van der Waals surface area contributed by atoms with E-state index in [0.29, 0.717) is 23.0 Å². The molecule has 4 aromatic rings. The highest BCUT2D eigenvalue weighted by Crippen LogP contribution is 2.29. The first kappa shape index (κ1) is 20.8. The molecule has 7 nitrogen and oxygen atoms in total. The molecule has 3 heterocycles. The summed E-state index contributed by atoms with van der Waals surface area (Å²) in [5, 5.41) is 4.35. The second kappa shape index (κ2) is 8.84. The molecule has 0 bridgehead atoms. The van der Waals surface area contributed by atoms with Crippen LogP contribution >= 0.6 is 12.2 Å². The number of aromatic nitrogens is 2. The Morgan fingerprint density at radius 3 is 2.73 bits per heavy atom. The molecule has 1 aliphatic heterocycles. The first-order chi connectivity index (χ1) is 16.1. The van der Waals surface area contributed by atoms with Crippen molar-refractivity contribution in [2.24, 2.45) is 0 Å². The van der Waals surface area contributed by atoms with Crippen LogP contribution in [0.2, 0.25) is 0 Å². The Morgan fingerprint density at radius 2 is 1.94 bits per heavy atom. The molecule has 8 heteroatoms. The van der Waals surface area contributed by atoms with E-state index < -0.39 is 6.04 Å². The molecule has 1 saturated heterocycles. The topological polar surface area (TPSA) is 81.3 Å². The molecule has 1 unspecified atom stereocenters. The van der Waals surface area contributed by atoms with Crippen molar-refractivity contribution in [1.29, 1.82) is 0 Å². The van der Waals surface area contributed by atoms with Crippen molar-refractivity contribution >= 4 is 51.4 Å². The zero-order valence-corrected chi connectivity index (χ0v) is 18.5. The summed E-state index contributed by atoms with van der Waals surface area (Å²) in [5.74, 6) is -0.474. The van der Waals surface area contributed by atoms with Crippen LogP contribution in [-0.2, 0) is 16.1 Å². The summed E-state index contributed by atoms with van der Waals surface area (Å²) >= 11 is 5.70. The summed E-state index contributed by atoms with van der Waals surface area (Å²) in [4.78, 5) is 37.0. The zero-order chi connectivity index (χ0) is 22.8. The van der Waals surface area contributed by atoms with E-state index >= 15 is 0 Å². The number of H-pyrrole nitrogens is 1. The van der Waals surface area contributed by atoms with E-state index in [1.54, 1.807) is 17.3 Å². The van der Waals surface area contributed by atoms with Crippen LogP contribution in [0.4, 0.5) is 11.4 Å². The van der Waals surface area contributed by atoms with Crippen LogP contribution in [0.25, 0.3) is 10.9 Å². The van der Waals surface area contributed by atoms with Crippen molar-refractivity contribution in [3.05, 3.63) is 90.9 Å². The third-order valence-corrected chi connectivity index (χ3v) is 6.04. The molecule has 1 atom stereocenters. The normalized spacial score (nSPS) is 15.9. The van der Waals surface area contributed by atoms with Gasteiger partial charge in [0.25, 0.3) is 5.91 Å². The zero-order valence-electron chi connectivity index (χ0n) is 17.6. The molecule has 1 aliphatic rings. The Kier molecular flexibility index (Phi) is 5.58. The summed E-state index contributed by atoms with van der Waals surface area (Å²) < 4.78 is 0. The number of nitrogens with zero attached hydrogens (tertiary/aromatic N) is 3. The molecule has 2 aromatic carbocycles. The summed E-state index contributed by atoms with van der Waals surface area (Å²) in [6, 6.07) is 19.9. The second-order valence-electron chi connectivity index (χ2n) is 7.83. The number of pyridine rings is 1. The number of thiocarbonyl (C=S) groups is 1. The number of carbonyl (C=O) groups is 2. The third-order valence-electron chi connectivity index (χ3n) is 5.63. The molecular formula is C25H21N5O2S. The van der Waals surface area contributed by atoms with Gasteiger partial charge in [0.05, 0.1) is 12.1 Å². The highest BCUT2D eigenvalue weighted by Gasteiger charge is 2.44. The molecule has 1 fully saturated rings. The fourth-order valence-electron chi connectivity index (χ4n) is 4.03. The van der Waals surface area contributed by atoms with Crippen LogP contribution < -0.4 is 10.2 Å². The molecule has 33 heavy (non-hydrogen) atoms. The van der Waals surface area contributed by atoms with E-state index in [2.05, 4.69) is 15.3 Å². The number of para-hydroxylation sites is 1. The molecule has 0 aliphatic carbocycles. The maximum absolute atomic E-state index is 13.4. The van der Waals surface area contributed by atoms with Crippen molar-refractivity contribution in [2.75, 3.05) is 10.2 Å². The van der Waals surface area contributed by atoms with E-state index in [-0.39, 0.29) is 18.2 Å². The predicted molar refractivity (Wildman–Crippen MR) is 132 cm³/mol. The molecular weight excluding hydrogens is 434 g/mol. The van der Waals surface area contributed by atoms with Gasteiger partial charge in [0.15, 0.2) is 5.11 Å². The lowest BCUT2D eigenvalue weighted by molar-refractivity contribution is -0.124. The number of fused-ring (bicyclic) bond motifs is 1. The van der Waals surface area contributed by atoms with E-state index in [1.165, 1.54) is 4.90 Å². The van der Waals surface area contributed by atoms with Gasteiger partial charge in [-0.1, -0.05) is 30.3 Å². The summed E-state index contributed by atoms with van der Waals surface area (Å²) in [5.41, 5.74) is 3.19. The molecule has 164 valence electrons. The van der Waals surface area contributed by atoms with Gasteiger partial charge in [-0.25, -0.2) is 0 Å².